The number of thiazole rings is 1. The van der Waals surface area contributed by atoms with E-state index < -0.39 is 10.7 Å². The van der Waals surface area contributed by atoms with Crippen LogP contribution in [0.4, 0.5) is 15.8 Å². The molecular formula is C10H8FN3O3S. The third-order valence-corrected chi connectivity index (χ3v) is 2.91. The topological polar surface area (TPSA) is 88.0 Å². The Morgan fingerprint density at radius 2 is 2.28 bits per heavy atom. The summed E-state index contributed by atoms with van der Waals surface area (Å²) < 4.78 is 13.0. The van der Waals surface area contributed by atoms with Crippen molar-refractivity contribution in [1.82, 2.24) is 4.98 Å². The summed E-state index contributed by atoms with van der Waals surface area (Å²) in [5, 5.41) is 15.1. The zero-order chi connectivity index (χ0) is 13.1. The van der Waals surface area contributed by atoms with Crippen molar-refractivity contribution in [2.75, 3.05) is 5.32 Å². The van der Waals surface area contributed by atoms with E-state index in [1.165, 1.54) is 0 Å². The van der Waals surface area contributed by atoms with Crippen molar-refractivity contribution in [1.29, 1.82) is 0 Å². The highest BCUT2D eigenvalue weighted by Gasteiger charge is 2.14. The van der Waals surface area contributed by atoms with Crippen molar-refractivity contribution in [2.24, 2.45) is 0 Å². The Hall–Kier alpha value is -2.22. The summed E-state index contributed by atoms with van der Waals surface area (Å²) in [5.74, 6) is -0.568. The zero-order valence-corrected chi connectivity index (χ0v) is 9.79. The van der Waals surface area contributed by atoms with E-state index in [9.17, 15) is 19.3 Å². The van der Waals surface area contributed by atoms with Gasteiger partial charge in [-0.05, 0) is 6.07 Å². The minimum absolute atomic E-state index is 0.0760. The van der Waals surface area contributed by atoms with Crippen molar-refractivity contribution < 1.29 is 9.31 Å². The van der Waals surface area contributed by atoms with Crippen LogP contribution >= 0.6 is 11.3 Å². The van der Waals surface area contributed by atoms with E-state index in [0.29, 0.717) is 5.69 Å². The van der Waals surface area contributed by atoms with Gasteiger partial charge in [0.05, 0.1) is 11.5 Å². The van der Waals surface area contributed by atoms with Crippen molar-refractivity contribution in [2.45, 2.75) is 6.54 Å². The van der Waals surface area contributed by atoms with Gasteiger partial charge in [0.15, 0.2) is 0 Å². The number of halogens is 1. The summed E-state index contributed by atoms with van der Waals surface area (Å²) in [4.78, 5) is 23.4. The first kappa shape index (κ1) is 12.2. The maximum atomic E-state index is 13.0. The lowest BCUT2D eigenvalue weighted by Crippen LogP contribution is -2.05. The number of H-pyrrole nitrogens is 1. The molecule has 0 fully saturated rings. The molecule has 0 atom stereocenters. The molecule has 0 aliphatic rings. The number of anilines is 1. The summed E-state index contributed by atoms with van der Waals surface area (Å²) in [6.07, 6.45) is 0. The Morgan fingerprint density at radius 1 is 1.50 bits per heavy atom. The fourth-order valence-corrected chi connectivity index (χ4v) is 1.98. The Kier molecular flexibility index (Phi) is 3.38. The maximum Gasteiger partial charge on any atom is 0.304 e. The third-order valence-electron chi connectivity index (χ3n) is 2.20. The number of hydrogen-bond donors (Lipinski definition) is 2. The summed E-state index contributed by atoms with van der Waals surface area (Å²) in [7, 11) is 0. The first-order chi connectivity index (χ1) is 8.56. The van der Waals surface area contributed by atoms with E-state index in [1.54, 1.807) is 5.38 Å². The fraction of sp³-hybridized carbons (Fsp3) is 0.100. The van der Waals surface area contributed by atoms with Gasteiger partial charge in [0, 0.05) is 23.2 Å². The number of nitro benzene ring substituents is 1. The van der Waals surface area contributed by atoms with Gasteiger partial charge in [0.1, 0.15) is 11.5 Å². The largest absolute Gasteiger partial charge is 0.374 e. The van der Waals surface area contributed by atoms with E-state index in [-0.39, 0.29) is 22.8 Å². The molecule has 0 spiro atoms. The lowest BCUT2D eigenvalue weighted by atomic mass is 10.2. The van der Waals surface area contributed by atoms with Crippen LogP contribution in [0.2, 0.25) is 0 Å². The van der Waals surface area contributed by atoms with Crippen LogP contribution in [-0.2, 0) is 6.54 Å². The van der Waals surface area contributed by atoms with E-state index in [4.69, 9.17) is 0 Å². The number of nitro groups is 1. The highest BCUT2D eigenvalue weighted by atomic mass is 32.1. The second kappa shape index (κ2) is 4.96. The van der Waals surface area contributed by atoms with Crippen molar-refractivity contribution in [3.63, 3.8) is 0 Å². The summed E-state index contributed by atoms with van der Waals surface area (Å²) in [5.41, 5.74) is 0.449. The van der Waals surface area contributed by atoms with Crippen LogP contribution in [0.15, 0.2) is 28.4 Å². The Morgan fingerprint density at radius 3 is 2.89 bits per heavy atom. The lowest BCUT2D eigenvalue weighted by molar-refractivity contribution is -0.384. The summed E-state index contributed by atoms with van der Waals surface area (Å²) >= 11 is 0.994. The Balaban J connectivity index is 2.20. The number of nitrogens with zero attached hydrogens (tertiary/aromatic N) is 1. The molecule has 8 heteroatoms. The van der Waals surface area contributed by atoms with Crippen LogP contribution in [-0.4, -0.2) is 9.91 Å². The molecule has 2 rings (SSSR count). The van der Waals surface area contributed by atoms with E-state index in [1.807, 2.05) is 0 Å². The van der Waals surface area contributed by atoms with Crippen molar-refractivity contribution in [3.8, 4) is 0 Å². The number of aromatic nitrogens is 1. The molecule has 1 heterocycles. The molecule has 0 radical (unpaired) electrons. The van der Waals surface area contributed by atoms with Crippen LogP contribution in [0.25, 0.3) is 0 Å². The molecule has 2 aromatic rings. The molecule has 0 saturated carbocycles. The molecular weight excluding hydrogens is 261 g/mol. The van der Waals surface area contributed by atoms with Gasteiger partial charge in [-0.15, -0.1) is 0 Å². The zero-order valence-electron chi connectivity index (χ0n) is 8.97. The molecule has 94 valence electrons. The maximum absolute atomic E-state index is 13.0. The second-order valence-electron chi connectivity index (χ2n) is 3.45. The predicted molar refractivity (Wildman–Crippen MR) is 65.3 cm³/mol. The minimum Gasteiger partial charge on any atom is -0.374 e. The SMILES string of the molecule is O=c1[nH]c(CNc2cc(F)ccc2[N+](=O)[O-])cs1. The standard InChI is InChI=1S/C10H8FN3O3S/c11-6-1-2-9(14(16)17)8(3-6)12-4-7-5-18-10(15)13-7/h1-3,5,12H,4H2,(H,13,15). The summed E-state index contributed by atoms with van der Waals surface area (Å²) in [6.45, 7) is 0.184. The molecule has 0 unspecified atom stereocenters. The Bertz CT molecular complexity index is 637. The van der Waals surface area contributed by atoms with E-state index in [0.717, 1.165) is 29.5 Å². The van der Waals surface area contributed by atoms with Gasteiger partial charge in [-0.25, -0.2) is 4.39 Å². The monoisotopic (exact) mass is 269 g/mol. The minimum atomic E-state index is -0.599. The molecule has 6 nitrogen and oxygen atoms in total. The van der Waals surface area contributed by atoms with Gasteiger partial charge in [-0.1, -0.05) is 11.3 Å². The normalized spacial score (nSPS) is 10.3. The molecule has 2 N–H and O–H groups in total. The van der Waals surface area contributed by atoms with Gasteiger partial charge in [0.2, 0.25) is 0 Å². The molecule has 1 aromatic heterocycles. The van der Waals surface area contributed by atoms with Gasteiger partial charge in [0.25, 0.3) is 5.69 Å². The fourth-order valence-electron chi connectivity index (χ4n) is 1.40. The highest BCUT2D eigenvalue weighted by Crippen LogP contribution is 2.25. The summed E-state index contributed by atoms with van der Waals surface area (Å²) in [6, 6.07) is 3.16. The van der Waals surface area contributed by atoms with Gasteiger partial charge in [-0.2, -0.15) is 0 Å². The van der Waals surface area contributed by atoms with Crippen molar-refractivity contribution >= 4 is 22.7 Å². The molecule has 0 bridgehead atoms. The number of hydrogen-bond acceptors (Lipinski definition) is 5. The average molecular weight is 269 g/mol. The lowest BCUT2D eigenvalue weighted by Gasteiger charge is -2.05. The van der Waals surface area contributed by atoms with Crippen LogP contribution in [0.1, 0.15) is 5.69 Å². The number of benzene rings is 1. The van der Waals surface area contributed by atoms with Crippen LogP contribution in [0.3, 0.4) is 0 Å². The smallest absolute Gasteiger partial charge is 0.304 e. The number of rotatable bonds is 4. The number of aromatic amines is 1. The molecule has 0 aliphatic carbocycles. The van der Waals surface area contributed by atoms with E-state index >= 15 is 0 Å². The number of nitrogens with one attached hydrogen (secondary N) is 2. The first-order valence-electron chi connectivity index (χ1n) is 4.91. The van der Waals surface area contributed by atoms with Gasteiger partial charge in [-0.3, -0.25) is 14.9 Å². The second-order valence-corrected chi connectivity index (χ2v) is 4.29. The molecule has 0 saturated heterocycles. The van der Waals surface area contributed by atoms with Crippen LogP contribution in [0.5, 0.6) is 0 Å². The molecule has 0 amide bonds. The quantitative estimate of drug-likeness (QED) is 0.657. The molecule has 0 aliphatic heterocycles. The average Bonchev–Trinajstić information content (AvgIpc) is 2.72. The van der Waals surface area contributed by atoms with Crippen molar-refractivity contribution in [3.05, 3.63) is 54.9 Å². The molecule has 18 heavy (non-hydrogen) atoms. The third kappa shape index (κ3) is 2.72. The van der Waals surface area contributed by atoms with E-state index in [2.05, 4.69) is 10.3 Å². The highest BCUT2D eigenvalue weighted by molar-refractivity contribution is 7.07. The first-order valence-corrected chi connectivity index (χ1v) is 5.79. The predicted octanol–water partition coefficient (Wildman–Crippen LogP) is 2.10. The van der Waals surface area contributed by atoms with Gasteiger partial charge >= 0.3 is 4.87 Å². The Labute approximate surface area is 104 Å². The van der Waals surface area contributed by atoms with Gasteiger partial charge < -0.3 is 10.3 Å². The molecule has 1 aromatic carbocycles. The van der Waals surface area contributed by atoms with Crippen LogP contribution in [0, 0.1) is 15.9 Å². The van der Waals surface area contributed by atoms with Crippen LogP contribution < -0.4 is 10.2 Å².